The maximum atomic E-state index is 2.45. The van der Waals surface area contributed by atoms with Crippen LogP contribution >= 0.6 is 0 Å². The van der Waals surface area contributed by atoms with Gasteiger partial charge in [-0.15, -0.1) is 0 Å². The summed E-state index contributed by atoms with van der Waals surface area (Å²) in [5, 5.41) is 12.6. The molecule has 4 heterocycles. The van der Waals surface area contributed by atoms with Crippen molar-refractivity contribution in [3.8, 4) is 78.4 Å². The maximum Gasteiger partial charge on any atom is 0.0547 e. The van der Waals surface area contributed by atoms with Crippen LogP contribution in [-0.4, -0.2) is 18.3 Å². The molecule has 0 bridgehead atoms. The molecule has 20 aromatic rings. The van der Waals surface area contributed by atoms with E-state index in [2.05, 4.69) is 394 Å². The lowest BCUT2D eigenvalue weighted by Crippen LogP contribution is -1.96. The maximum absolute atomic E-state index is 2.45. The molecular weight excluding hydrogens is 1190 g/mol. The minimum absolute atomic E-state index is 1.16. The van der Waals surface area contributed by atoms with Crippen LogP contribution in [-0.2, 0) is 0 Å². The van der Waals surface area contributed by atoms with Gasteiger partial charge in [-0.2, -0.15) is 0 Å². The van der Waals surface area contributed by atoms with E-state index in [0.29, 0.717) is 0 Å². The molecular formula is C94H62N4. The summed E-state index contributed by atoms with van der Waals surface area (Å²) < 4.78 is 9.62. The number of nitrogens with zero attached hydrogens (tertiary/aromatic N) is 4. The molecule has 4 heteroatoms. The Morgan fingerprint density at radius 2 is 0.418 bits per heavy atom. The molecule has 0 saturated heterocycles. The first-order valence-corrected chi connectivity index (χ1v) is 33.7. The summed E-state index contributed by atoms with van der Waals surface area (Å²) in [5.41, 5.74) is 26.6. The van der Waals surface area contributed by atoms with Gasteiger partial charge in [0.25, 0.3) is 0 Å². The van der Waals surface area contributed by atoms with Crippen LogP contribution in [0.5, 0.6) is 0 Å². The van der Waals surface area contributed by atoms with E-state index in [1.165, 1.54) is 165 Å². The highest BCUT2D eigenvalue weighted by Gasteiger charge is 2.21. The number of hydrogen-bond acceptors (Lipinski definition) is 0. The second-order valence-electron chi connectivity index (χ2n) is 25.5. The number of aromatic nitrogens is 4. The molecule has 0 unspecified atom stereocenters. The van der Waals surface area contributed by atoms with Gasteiger partial charge in [0.1, 0.15) is 0 Å². The van der Waals surface area contributed by atoms with Gasteiger partial charge in [-0.3, -0.25) is 0 Å². The first kappa shape index (κ1) is 56.5. The van der Waals surface area contributed by atoms with Crippen LogP contribution in [0.2, 0.25) is 0 Å². The zero-order valence-corrected chi connectivity index (χ0v) is 53.6. The Bertz CT molecular complexity index is 6430. The Balaban J connectivity index is 0.000000137. The number of benzene rings is 16. The molecule has 20 rings (SSSR count). The number of hydrogen-bond donors (Lipinski definition) is 0. The van der Waals surface area contributed by atoms with Gasteiger partial charge >= 0.3 is 0 Å². The van der Waals surface area contributed by atoms with E-state index in [1.807, 2.05) is 0 Å². The van der Waals surface area contributed by atoms with E-state index in [1.54, 1.807) is 0 Å². The molecule has 0 aliphatic rings. The molecule has 0 N–H and O–H groups in total. The summed E-state index contributed by atoms with van der Waals surface area (Å²) in [6.45, 7) is 0. The zero-order chi connectivity index (χ0) is 64.6. The number of para-hydroxylation sites is 5. The monoisotopic (exact) mass is 1250 g/mol. The first-order valence-electron chi connectivity index (χ1n) is 33.7. The average Bonchev–Trinajstić information content (AvgIpc) is 1.56. The third-order valence-electron chi connectivity index (χ3n) is 20.0. The first-order chi connectivity index (χ1) is 48.6. The Hall–Kier alpha value is -13.0. The van der Waals surface area contributed by atoms with E-state index in [9.17, 15) is 0 Å². The van der Waals surface area contributed by atoms with Crippen LogP contribution in [0, 0.1) is 0 Å². The van der Waals surface area contributed by atoms with Gasteiger partial charge in [0.05, 0.1) is 49.8 Å². The molecule has 0 aliphatic carbocycles. The van der Waals surface area contributed by atoms with E-state index in [4.69, 9.17) is 0 Å². The van der Waals surface area contributed by atoms with Crippen molar-refractivity contribution in [2.24, 2.45) is 0 Å². The van der Waals surface area contributed by atoms with Crippen molar-refractivity contribution in [3.63, 3.8) is 0 Å². The van der Waals surface area contributed by atoms with Crippen LogP contribution < -0.4 is 0 Å². The summed E-state index contributed by atoms with van der Waals surface area (Å²) in [4.78, 5) is 0. The Kier molecular flexibility index (Phi) is 13.5. The topological polar surface area (TPSA) is 19.7 Å². The Morgan fingerprint density at radius 1 is 0.133 bits per heavy atom. The van der Waals surface area contributed by atoms with Crippen molar-refractivity contribution in [2.45, 2.75) is 0 Å². The minimum Gasteiger partial charge on any atom is -0.309 e. The molecule has 0 fully saturated rings. The summed E-state index contributed by atoms with van der Waals surface area (Å²) in [5.74, 6) is 0. The minimum atomic E-state index is 1.16. The molecule has 16 aromatic carbocycles. The third kappa shape index (κ3) is 9.45. The average molecular weight is 1250 g/mol. The fourth-order valence-electron chi connectivity index (χ4n) is 15.5. The van der Waals surface area contributed by atoms with Crippen LogP contribution in [0.1, 0.15) is 0 Å². The molecule has 0 atom stereocenters. The Morgan fingerprint density at radius 3 is 0.878 bits per heavy atom. The fourth-order valence-corrected chi connectivity index (χ4v) is 15.5. The molecule has 0 spiro atoms. The van der Waals surface area contributed by atoms with Crippen molar-refractivity contribution in [2.75, 3.05) is 0 Å². The number of fused-ring (bicyclic) bond motifs is 13. The SMILES string of the molecule is c1ccc(-c2ccc(-n3c4ccccc4c4cc(-c5ccc6c(c5)c5ccc(-c7ccccc7)cc5n6-c5ccccc5)ccc43)cc2)cc1.c1ccc(-c2ccc(-n3c4ccccc4c4cc(-c5ccc6c(c5)c5ccccc5n6-c5ccccc5)ccc43)c3ccccc23)cc1. The molecule has 0 aliphatic heterocycles. The highest BCUT2D eigenvalue weighted by atomic mass is 15.0. The fraction of sp³-hybridized carbons (Fsp3) is 0. The zero-order valence-electron chi connectivity index (χ0n) is 53.6. The van der Waals surface area contributed by atoms with Gasteiger partial charge in [0, 0.05) is 65.5 Å². The van der Waals surface area contributed by atoms with Crippen LogP contribution in [0.3, 0.4) is 0 Å². The summed E-state index contributed by atoms with van der Waals surface area (Å²) in [6.07, 6.45) is 0. The molecule has 98 heavy (non-hydrogen) atoms. The van der Waals surface area contributed by atoms with Crippen molar-refractivity contribution in [1.29, 1.82) is 0 Å². The van der Waals surface area contributed by atoms with Crippen molar-refractivity contribution >= 4 is 98.0 Å². The molecule has 0 amide bonds. The lowest BCUT2D eigenvalue weighted by atomic mass is 9.97. The van der Waals surface area contributed by atoms with Crippen molar-refractivity contribution < 1.29 is 0 Å². The molecule has 0 radical (unpaired) electrons. The molecule has 458 valence electrons. The third-order valence-corrected chi connectivity index (χ3v) is 20.0. The summed E-state index contributed by atoms with van der Waals surface area (Å²) >= 11 is 0. The van der Waals surface area contributed by atoms with Crippen molar-refractivity contribution in [1.82, 2.24) is 18.3 Å². The van der Waals surface area contributed by atoms with Gasteiger partial charge in [-0.1, -0.05) is 261 Å². The predicted octanol–water partition coefficient (Wildman–Crippen LogP) is 25.2. The Labute approximate surface area is 567 Å². The van der Waals surface area contributed by atoms with Gasteiger partial charge in [0.2, 0.25) is 0 Å². The van der Waals surface area contributed by atoms with Gasteiger partial charge in [0.15, 0.2) is 0 Å². The van der Waals surface area contributed by atoms with Gasteiger partial charge in [-0.05, 0) is 176 Å². The molecule has 0 saturated carbocycles. The smallest absolute Gasteiger partial charge is 0.0547 e. The highest BCUT2D eigenvalue weighted by molar-refractivity contribution is 6.16. The summed E-state index contributed by atoms with van der Waals surface area (Å²) in [7, 11) is 0. The van der Waals surface area contributed by atoms with Gasteiger partial charge in [-0.25, -0.2) is 0 Å². The normalized spacial score (nSPS) is 11.7. The quantitative estimate of drug-likeness (QED) is 0.137. The van der Waals surface area contributed by atoms with Crippen LogP contribution in [0.15, 0.2) is 376 Å². The van der Waals surface area contributed by atoms with E-state index in [-0.39, 0.29) is 0 Å². The van der Waals surface area contributed by atoms with Gasteiger partial charge < -0.3 is 18.3 Å². The summed E-state index contributed by atoms with van der Waals surface area (Å²) in [6, 6.07) is 137. The standard InChI is InChI=1S/C48H32N2.C46H30N2/c1-4-12-33(13-5-1)35-20-25-40(26-21-35)49-45-19-11-10-18-41(45)43-30-36(23-28-46(43)49)37-24-29-47-44(31-37)42-27-22-38(34-14-6-2-7-15-34)32-48(42)50(47)39-16-8-3-9-17-39;1-3-13-31(14-4-1)35-25-28-44(37-18-8-7-17-36(35)37)48-43-22-12-10-20-39(43)41-30-33(24-27-46(41)48)32-23-26-45-40(29-32)38-19-9-11-21-42(38)47(45)34-15-5-2-6-16-34/h1-32H;1-30H. The largest absolute Gasteiger partial charge is 0.309 e. The number of rotatable bonds is 9. The van der Waals surface area contributed by atoms with E-state index < -0.39 is 0 Å². The van der Waals surface area contributed by atoms with E-state index >= 15 is 0 Å². The molecule has 4 nitrogen and oxygen atoms in total. The van der Waals surface area contributed by atoms with Crippen molar-refractivity contribution in [3.05, 3.63) is 376 Å². The van der Waals surface area contributed by atoms with E-state index in [0.717, 1.165) is 11.4 Å². The van der Waals surface area contributed by atoms with Crippen LogP contribution in [0.25, 0.3) is 176 Å². The van der Waals surface area contributed by atoms with Crippen LogP contribution in [0.4, 0.5) is 0 Å². The highest BCUT2D eigenvalue weighted by Crippen LogP contribution is 2.43. The second-order valence-corrected chi connectivity index (χ2v) is 25.5. The predicted molar refractivity (Wildman–Crippen MR) is 415 cm³/mol. The second kappa shape index (κ2) is 23.5. The molecule has 4 aromatic heterocycles. The lowest BCUT2D eigenvalue weighted by Gasteiger charge is -2.15. The lowest BCUT2D eigenvalue weighted by molar-refractivity contribution is 1.18.